The van der Waals surface area contributed by atoms with Crippen LogP contribution in [-0.4, -0.2) is 17.8 Å². The standard InChI is InChI=1S/C9H10F3NO/c10-7-3-9(12)8(11)2-5(7)1-6(13)4-14/h2-3,6,14H,1,4,13H2/t6-/m1/s1. The van der Waals surface area contributed by atoms with Gasteiger partial charge in [0.25, 0.3) is 0 Å². The van der Waals surface area contributed by atoms with Crippen LogP contribution in [0.3, 0.4) is 0 Å². The van der Waals surface area contributed by atoms with Crippen LogP contribution in [0.1, 0.15) is 5.56 Å². The van der Waals surface area contributed by atoms with Gasteiger partial charge in [0.05, 0.1) is 6.61 Å². The first-order chi connectivity index (χ1) is 6.54. The molecule has 0 aromatic heterocycles. The van der Waals surface area contributed by atoms with E-state index in [1.807, 2.05) is 0 Å². The number of hydrogen-bond donors (Lipinski definition) is 2. The Balaban J connectivity index is 2.92. The lowest BCUT2D eigenvalue weighted by molar-refractivity contribution is 0.264. The van der Waals surface area contributed by atoms with Gasteiger partial charge in [-0.15, -0.1) is 0 Å². The largest absolute Gasteiger partial charge is 0.395 e. The highest BCUT2D eigenvalue weighted by Gasteiger charge is 2.12. The van der Waals surface area contributed by atoms with E-state index >= 15 is 0 Å². The summed E-state index contributed by atoms with van der Waals surface area (Å²) in [6.07, 6.45) is -0.0282. The van der Waals surface area contributed by atoms with Gasteiger partial charge >= 0.3 is 0 Å². The Kier molecular flexibility index (Phi) is 3.49. The molecule has 5 heteroatoms. The molecule has 0 aliphatic heterocycles. The molecule has 0 spiro atoms. The van der Waals surface area contributed by atoms with E-state index in [0.717, 1.165) is 6.07 Å². The molecule has 0 saturated carbocycles. The number of nitrogens with two attached hydrogens (primary N) is 1. The average Bonchev–Trinajstić information content (AvgIpc) is 2.14. The fraction of sp³-hybridized carbons (Fsp3) is 0.333. The lowest BCUT2D eigenvalue weighted by atomic mass is 10.1. The minimum atomic E-state index is -1.23. The SMILES string of the molecule is N[C@@H](CO)Cc1cc(F)c(F)cc1F. The Morgan fingerprint density at radius 3 is 2.29 bits per heavy atom. The molecule has 78 valence electrons. The molecule has 0 aliphatic rings. The number of aliphatic hydroxyl groups excluding tert-OH is 1. The maximum Gasteiger partial charge on any atom is 0.161 e. The first kappa shape index (κ1) is 11.0. The predicted octanol–water partition coefficient (Wildman–Crippen LogP) is 0.966. The highest BCUT2D eigenvalue weighted by atomic mass is 19.2. The fourth-order valence-corrected chi connectivity index (χ4v) is 1.07. The van der Waals surface area contributed by atoms with Gasteiger partial charge in [0.15, 0.2) is 11.6 Å². The van der Waals surface area contributed by atoms with E-state index in [1.54, 1.807) is 0 Å². The Hall–Kier alpha value is -1.07. The molecule has 0 heterocycles. The van der Waals surface area contributed by atoms with E-state index in [4.69, 9.17) is 10.8 Å². The number of benzene rings is 1. The molecule has 0 unspecified atom stereocenters. The van der Waals surface area contributed by atoms with Crippen molar-refractivity contribution in [3.8, 4) is 0 Å². The zero-order valence-corrected chi connectivity index (χ0v) is 7.30. The lowest BCUT2D eigenvalue weighted by Crippen LogP contribution is -2.27. The number of hydrogen-bond acceptors (Lipinski definition) is 2. The number of rotatable bonds is 3. The van der Waals surface area contributed by atoms with Gasteiger partial charge in [0.2, 0.25) is 0 Å². The van der Waals surface area contributed by atoms with Gasteiger partial charge in [-0.1, -0.05) is 0 Å². The first-order valence-corrected chi connectivity index (χ1v) is 4.04. The van der Waals surface area contributed by atoms with Crippen molar-refractivity contribution < 1.29 is 18.3 Å². The topological polar surface area (TPSA) is 46.2 Å². The molecule has 1 rings (SSSR count). The van der Waals surface area contributed by atoms with Crippen LogP contribution in [0, 0.1) is 17.5 Å². The summed E-state index contributed by atoms with van der Waals surface area (Å²) in [5.74, 6) is -3.21. The van der Waals surface area contributed by atoms with Crippen molar-refractivity contribution in [2.24, 2.45) is 5.73 Å². The lowest BCUT2D eigenvalue weighted by Gasteiger charge is -2.09. The minimum Gasteiger partial charge on any atom is -0.395 e. The summed E-state index contributed by atoms with van der Waals surface area (Å²) < 4.78 is 38.1. The summed E-state index contributed by atoms with van der Waals surface area (Å²) in [6, 6.07) is 0.545. The van der Waals surface area contributed by atoms with E-state index in [1.165, 1.54) is 0 Å². The Bertz CT molecular complexity index is 330. The van der Waals surface area contributed by atoms with Crippen LogP contribution in [0.15, 0.2) is 12.1 Å². The van der Waals surface area contributed by atoms with Gasteiger partial charge in [0, 0.05) is 12.1 Å². The fourth-order valence-electron chi connectivity index (χ4n) is 1.07. The second-order valence-electron chi connectivity index (χ2n) is 3.00. The Labute approximate surface area is 79.2 Å². The molecule has 0 saturated heterocycles. The molecule has 0 amide bonds. The van der Waals surface area contributed by atoms with Crippen molar-refractivity contribution in [1.82, 2.24) is 0 Å². The molecule has 14 heavy (non-hydrogen) atoms. The summed E-state index contributed by atoms with van der Waals surface area (Å²) >= 11 is 0. The van der Waals surface area contributed by atoms with Crippen molar-refractivity contribution in [2.45, 2.75) is 12.5 Å². The number of halogens is 3. The third kappa shape index (κ3) is 2.46. The molecule has 0 radical (unpaired) electrons. The zero-order valence-electron chi connectivity index (χ0n) is 7.30. The van der Waals surface area contributed by atoms with Crippen LogP contribution in [-0.2, 0) is 6.42 Å². The summed E-state index contributed by atoms with van der Waals surface area (Å²) in [7, 11) is 0. The smallest absolute Gasteiger partial charge is 0.161 e. The minimum absolute atomic E-state index is 0.0282. The maximum absolute atomic E-state index is 13.0. The number of aliphatic hydroxyl groups is 1. The van der Waals surface area contributed by atoms with Gasteiger partial charge < -0.3 is 10.8 Å². The third-order valence-corrected chi connectivity index (χ3v) is 1.81. The quantitative estimate of drug-likeness (QED) is 0.722. The molecule has 0 bridgehead atoms. The molecule has 1 aromatic carbocycles. The zero-order chi connectivity index (χ0) is 10.7. The molecular formula is C9H10F3NO. The van der Waals surface area contributed by atoms with Gasteiger partial charge in [-0.2, -0.15) is 0 Å². The molecule has 3 N–H and O–H groups in total. The van der Waals surface area contributed by atoms with E-state index in [0.29, 0.717) is 6.07 Å². The van der Waals surface area contributed by atoms with E-state index in [2.05, 4.69) is 0 Å². The van der Waals surface area contributed by atoms with Crippen LogP contribution in [0.4, 0.5) is 13.2 Å². The van der Waals surface area contributed by atoms with E-state index < -0.39 is 23.5 Å². The van der Waals surface area contributed by atoms with Crippen LogP contribution in [0.5, 0.6) is 0 Å². The van der Waals surface area contributed by atoms with Gasteiger partial charge in [-0.3, -0.25) is 0 Å². The monoisotopic (exact) mass is 205 g/mol. The average molecular weight is 205 g/mol. The molecule has 0 aliphatic carbocycles. The highest BCUT2D eigenvalue weighted by Crippen LogP contribution is 2.14. The van der Waals surface area contributed by atoms with Crippen molar-refractivity contribution in [3.63, 3.8) is 0 Å². The van der Waals surface area contributed by atoms with Gasteiger partial charge in [0.1, 0.15) is 5.82 Å². The second kappa shape index (κ2) is 4.43. The van der Waals surface area contributed by atoms with Crippen LogP contribution in [0.2, 0.25) is 0 Å². The molecular weight excluding hydrogens is 195 g/mol. The Morgan fingerprint density at radius 2 is 1.71 bits per heavy atom. The van der Waals surface area contributed by atoms with Crippen molar-refractivity contribution in [2.75, 3.05) is 6.61 Å². The molecule has 0 fully saturated rings. The maximum atomic E-state index is 13.0. The van der Waals surface area contributed by atoms with E-state index in [9.17, 15) is 13.2 Å². The molecule has 2 nitrogen and oxygen atoms in total. The van der Waals surface area contributed by atoms with E-state index in [-0.39, 0.29) is 18.6 Å². The van der Waals surface area contributed by atoms with Crippen molar-refractivity contribution >= 4 is 0 Å². The van der Waals surface area contributed by atoms with Crippen LogP contribution >= 0.6 is 0 Å². The molecule has 1 atom stereocenters. The highest BCUT2D eigenvalue weighted by molar-refractivity contribution is 5.21. The normalized spacial score (nSPS) is 12.9. The van der Waals surface area contributed by atoms with Crippen molar-refractivity contribution in [3.05, 3.63) is 35.1 Å². The van der Waals surface area contributed by atoms with Crippen LogP contribution in [0.25, 0.3) is 0 Å². The summed E-state index contributed by atoms with van der Waals surface area (Å²) in [6.45, 7) is -0.335. The first-order valence-electron chi connectivity index (χ1n) is 4.04. The van der Waals surface area contributed by atoms with Crippen LogP contribution < -0.4 is 5.73 Å². The summed E-state index contributed by atoms with van der Waals surface area (Å²) in [4.78, 5) is 0. The summed E-state index contributed by atoms with van der Waals surface area (Å²) in [5, 5.41) is 8.60. The van der Waals surface area contributed by atoms with Gasteiger partial charge in [-0.05, 0) is 18.1 Å². The summed E-state index contributed by atoms with van der Waals surface area (Å²) in [5.41, 5.74) is 5.29. The third-order valence-electron chi connectivity index (χ3n) is 1.81. The Morgan fingerprint density at radius 1 is 1.14 bits per heavy atom. The molecule has 1 aromatic rings. The van der Waals surface area contributed by atoms with Gasteiger partial charge in [-0.25, -0.2) is 13.2 Å². The second-order valence-corrected chi connectivity index (χ2v) is 3.00. The van der Waals surface area contributed by atoms with Crippen molar-refractivity contribution in [1.29, 1.82) is 0 Å². The predicted molar refractivity (Wildman–Crippen MR) is 45.1 cm³/mol.